The number of fused-ring (bicyclic) bond motifs is 3. The fourth-order valence-electron chi connectivity index (χ4n) is 2.59. The number of hydrogen-bond acceptors (Lipinski definition) is 3. The molecule has 0 amide bonds. The van der Waals surface area contributed by atoms with Crippen LogP contribution in [0.1, 0.15) is 0 Å². The van der Waals surface area contributed by atoms with E-state index < -0.39 is 0 Å². The lowest BCUT2D eigenvalue weighted by molar-refractivity contribution is 1.33. The van der Waals surface area contributed by atoms with Crippen LogP contribution in [-0.4, -0.2) is 9.97 Å². The minimum absolute atomic E-state index is 0.673. The molecule has 21 heavy (non-hydrogen) atoms. The number of aromatic nitrogens is 2. The number of anilines is 1. The zero-order valence-corrected chi connectivity index (χ0v) is 11.3. The zero-order chi connectivity index (χ0) is 14.2. The Balaban J connectivity index is 2.00. The molecule has 100 valence electrons. The molecule has 0 saturated carbocycles. The molecule has 2 heterocycles. The first-order valence-corrected chi connectivity index (χ1v) is 6.81. The molecule has 2 aromatic heterocycles. The van der Waals surface area contributed by atoms with E-state index in [1.807, 2.05) is 36.5 Å². The number of hydrogen-bond donors (Lipinski definition) is 1. The van der Waals surface area contributed by atoms with Crippen LogP contribution >= 0.6 is 0 Å². The first-order chi connectivity index (χ1) is 10.3. The first-order valence-electron chi connectivity index (χ1n) is 6.81. The lowest BCUT2D eigenvalue weighted by Crippen LogP contribution is -1.89. The van der Waals surface area contributed by atoms with Crippen LogP contribution in [0.4, 0.5) is 5.69 Å². The van der Waals surface area contributed by atoms with Crippen molar-refractivity contribution in [2.24, 2.45) is 0 Å². The van der Waals surface area contributed by atoms with Gasteiger partial charge in [0, 0.05) is 22.5 Å². The number of pyridine rings is 2. The van der Waals surface area contributed by atoms with Crippen molar-refractivity contribution in [1.82, 2.24) is 9.97 Å². The molecule has 0 aliphatic heterocycles. The van der Waals surface area contributed by atoms with Crippen molar-refractivity contribution in [3.05, 3.63) is 67.0 Å². The number of nitrogens with zero attached hydrogens (tertiary/aromatic N) is 2. The monoisotopic (exact) mass is 271 g/mol. The predicted molar refractivity (Wildman–Crippen MR) is 86.9 cm³/mol. The lowest BCUT2D eigenvalue weighted by atomic mass is 10.0. The third kappa shape index (κ3) is 1.99. The molecule has 0 atom stereocenters. The summed E-state index contributed by atoms with van der Waals surface area (Å²) in [6.45, 7) is 0. The Morgan fingerprint density at radius 2 is 1.67 bits per heavy atom. The fourth-order valence-corrected chi connectivity index (χ4v) is 2.59. The summed E-state index contributed by atoms with van der Waals surface area (Å²) in [5.41, 5.74) is 9.35. The van der Waals surface area contributed by atoms with E-state index in [0.29, 0.717) is 5.69 Å². The van der Waals surface area contributed by atoms with Crippen LogP contribution in [0.15, 0.2) is 67.0 Å². The van der Waals surface area contributed by atoms with Crippen LogP contribution in [0.2, 0.25) is 0 Å². The Bertz CT molecular complexity index is 943. The smallest absolute Gasteiger partial charge is 0.0708 e. The minimum atomic E-state index is 0.673. The van der Waals surface area contributed by atoms with E-state index in [-0.39, 0.29) is 0 Å². The van der Waals surface area contributed by atoms with Gasteiger partial charge in [0.05, 0.1) is 23.1 Å². The molecular formula is C18H13N3. The summed E-state index contributed by atoms with van der Waals surface area (Å²) in [5.74, 6) is 0. The lowest BCUT2D eigenvalue weighted by Gasteiger charge is -2.06. The van der Waals surface area contributed by atoms with Crippen molar-refractivity contribution in [1.29, 1.82) is 0 Å². The minimum Gasteiger partial charge on any atom is -0.397 e. The highest BCUT2D eigenvalue weighted by atomic mass is 14.7. The molecule has 0 aliphatic rings. The second kappa shape index (κ2) is 4.56. The summed E-state index contributed by atoms with van der Waals surface area (Å²) in [7, 11) is 0. The Kier molecular flexibility index (Phi) is 2.57. The third-order valence-electron chi connectivity index (χ3n) is 3.67. The second-order valence-electron chi connectivity index (χ2n) is 5.05. The van der Waals surface area contributed by atoms with Crippen LogP contribution in [0, 0.1) is 0 Å². The summed E-state index contributed by atoms with van der Waals surface area (Å²) in [6.07, 6.45) is 3.60. The molecule has 0 aliphatic carbocycles. The van der Waals surface area contributed by atoms with E-state index in [1.54, 1.807) is 6.20 Å². The molecule has 0 spiro atoms. The maximum absolute atomic E-state index is 5.70. The molecule has 0 fully saturated rings. The molecular weight excluding hydrogens is 258 g/mol. The number of nitrogen functional groups attached to an aromatic ring is 1. The van der Waals surface area contributed by atoms with Crippen LogP contribution in [-0.2, 0) is 0 Å². The van der Waals surface area contributed by atoms with Gasteiger partial charge in [-0.1, -0.05) is 30.3 Å². The summed E-state index contributed by atoms with van der Waals surface area (Å²) >= 11 is 0. The van der Waals surface area contributed by atoms with Crippen LogP contribution in [0.3, 0.4) is 0 Å². The average Bonchev–Trinajstić information content (AvgIpc) is 2.55. The Morgan fingerprint density at radius 1 is 0.762 bits per heavy atom. The van der Waals surface area contributed by atoms with E-state index in [9.17, 15) is 0 Å². The van der Waals surface area contributed by atoms with E-state index in [4.69, 9.17) is 5.73 Å². The van der Waals surface area contributed by atoms with Crippen molar-refractivity contribution < 1.29 is 0 Å². The number of nitrogens with two attached hydrogens (primary N) is 1. The van der Waals surface area contributed by atoms with Crippen molar-refractivity contribution in [2.75, 3.05) is 5.73 Å². The quantitative estimate of drug-likeness (QED) is 0.532. The van der Waals surface area contributed by atoms with Crippen molar-refractivity contribution in [2.45, 2.75) is 0 Å². The zero-order valence-electron chi connectivity index (χ0n) is 11.3. The fraction of sp³-hybridized carbons (Fsp3) is 0. The molecule has 4 aromatic rings. The maximum Gasteiger partial charge on any atom is 0.0708 e. The Labute approximate surface area is 122 Å². The summed E-state index contributed by atoms with van der Waals surface area (Å²) in [4.78, 5) is 8.91. The maximum atomic E-state index is 5.70. The molecule has 3 nitrogen and oxygen atoms in total. The van der Waals surface area contributed by atoms with E-state index in [1.165, 1.54) is 5.39 Å². The van der Waals surface area contributed by atoms with Gasteiger partial charge in [-0.25, -0.2) is 0 Å². The van der Waals surface area contributed by atoms with Crippen molar-refractivity contribution in [3.63, 3.8) is 0 Å². The van der Waals surface area contributed by atoms with Gasteiger partial charge in [0.25, 0.3) is 0 Å². The summed E-state index contributed by atoms with van der Waals surface area (Å²) < 4.78 is 0. The van der Waals surface area contributed by atoms with Crippen molar-refractivity contribution >= 4 is 27.4 Å². The van der Waals surface area contributed by atoms with Gasteiger partial charge in [-0.05, 0) is 29.7 Å². The highest BCUT2D eigenvalue weighted by Crippen LogP contribution is 2.27. The van der Waals surface area contributed by atoms with Gasteiger partial charge in [0.2, 0.25) is 0 Å². The van der Waals surface area contributed by atoms with Crippen LogP contribution in [0.5, 0.6) is 0 Å². The molecule has 0 bridgehead atoms. The molecule has 4 rings (SSSR count). The second-order valence-corrected chi connectivity index (χ2v) is 5.05. The van der Waals surface area contributed by atoms with Gasteiger partial charge in [0.1, 0.15) is 0 Å². The van der Waals surface area contributed by atoms with Crippen LogP contribution < -0.4 is 5.73 Å². The highest BCUT2D eigenvalue weighted by Gasteiger charge is 2.05. The Morgan fingerprint density at radius 3 is 2.52 bits per heavy atom. The molecule has 2 aromatic carbocycles. The first kappa shape index (κ1) is 11.9. The molecule has 0 saturated heterocycles. The van der Waals surface area contributed by atoms with Gasteiger partial charge in [-0.15, -0.1) is 0 Å². The van der Waals surface area contributed by atoms with E-state index in [0.717, 1.165) is 27.5 Å². The molecule has 0 radical (unpaired) electrons. The number of rotatable bonds is 1. The SMILES string of the molecule is Nc1ccc(-c2ccc3ncc4ccccc4c3c2)nc1. The molecule has 2 N–H and O–H groups in total. The van der Waals surface area contributed by atoms with Crippen molar-refractivity contribution in [3.8, 4) is 11.3 Å². The van der Waals surface area contributed by atoms with E-state index >= 15 is 0 Å². The van der Waals surface area contributed by atoms with E-state index in [2.05, 4.69) is 34.2 Å². The van der Waals surface area contributed by atoms with Gasteiger partial charge in [-0.3, -0.25) is 9.97 Å². The highest BCUT2D eigenvalue weighted by molar-refractivity contribution is 6.06. The topological polar surface area (TPSA) is 51.8 Å². The summed E-state index contributed by atoms with van der Waals surface area (Å²) in [6, 6.07) is 18.3. The summed E-state index contributed by atoms with van der Waals surface area (Å²) in [5, 5.41) is 3.50. The largest absolute Gasteiger partial charge is 0.397 e. The van der Waals surface area contributed by atoms with Gasteiger partial charge in [-0.2, -0.15) is 0 Å². The normalized spacial score (nSPS) is 11.0. The molecule has 3 heteroatoms. The third-order valence-corrected chi connectivity index (χ3v) is 3.67. The van der Waals surface area contributed by atoms with Gasteiger partial charge in [0.15, 0.2) is 0 Å². The van der Waals surface area contributed by atoms with Crippen LogP contribution in [0.25, 0.3) is 32.9 Å². The standard InChI is InChI=1S/C18H13N3/c19-14-6-8-17(21-11-14)12-5-7-18-16(9-12)15-4-2-1-3-13(15)10-20-18/h1-11H,19H2. The average molecular weight is 271 g/mol. The van der Waals surface area contributed by atoms with Gasteiger partial charge >= 0.3 is 0 Å². The Hall–Kier alpha value is -2.94. The number of benzene rings is 2. The van der Waals surface area contributed by atoms with Gasteiger partial charge < -0.3 is 5.73 Å². The molecule has 0 unspecified atom stereocenters. The predicted octanol–water partition coefficient (Wildman–Crippen LogP) is 4.03.